The van der Waals surface area contributed by atoms with E-state index in [4.69, 9.17) is 0 Å². The first-order valence-electron chi connectivity index (χ1n) is 8.07. The highest BCUT2D eigenvalue weighted by Crippen LogP contribution is 2.39. The van der Waals surface area contributed by atoms with Crippen molar-refractivity contribution < 1.29 is 9.59 Å². The number of piperidine rings is 1. The van der Waals surface area contributed by atoms with Crippen molar-refractivity contribution in [3.8, 4) is 0 Å². The molecule has 2 rings (SSSR count). The maximum Gasteiger partial charge on any atom is 0.236 e. The van der Waals surface area contributed by atoms with Crippen molar-refractivity contribution in [2.75, 3.05) is 40.3 Å². The number of amides is 2. The first-order valence-corrected chi connectivity index (χ1v) is 8.07. The lowest BCUT2D eigenvalue weighted by atomic mass is 9.84. The molecule has 5 heteroatoms. The summed E-state index contributed by atoms with van der Waals surface area (Å²) in [5.74, 6) is 1.00. The first kappa shape index (κ1) is 16.3. The number of hydrogen-bond acceptors (Lipinski definition) is 3. The van der Waals surface area contributed by atoms with Gasteiger partial charge in [-0.05, 0) is 39.3 Å². The molecule has 0 aromatic rings. The maximum atomic E-state index is 12.2. The van der Waals surface area contributed by atoms with E-state index in [1.54, 1.807) is 0 Å². The summed E-state index contributed by atoms with van der Waals surface area (Å²) in [5.41, 5.74) is 0.0241. The molecule has 2 heterocycles. The average molecular weight is 295 g/mol. The quantitative estimate of drug-likeness (QED) is 0.782. The van der Waals surface area contributed by atoms with E-state index in [-0.39, 0.29) is 11.4 Å². The fourth-order valence-corrected chi connectivity index (χ4v) is 3.60. The topological polar surface area (TPSA) is 43.9 Å². The number of likely N-dealkylation sites (N-methyl/N-ethyl adjacent to an activating group) is 1. The summed E-state index contributed by atoms with van der Waals surface area (Å²) >= 11 is 0. The monoisotopic (exact) mass is 295 g/mol. The van der Waals surface area contributed by atoms with Crippen LogP contribution in [0.2, 0.25) is 0 Å². The lowest BCUT2D eigenvalue weighted by Crippen LogP contribution is -2.55. The lowest BCUT2D eigenvalue weighted by Gasteiger charge is -2.45. The Morgan fingerprint density at radius 3 is 2.38 bits per heavy atom. The molecule has 21 heavy (non-hydrogen) atoms. The van der Waals surface area contributed by atoms with E-state index in [1.165, 1.54) is 0 Å². The van der Waals surface area contributed by atoms with E-state index in [9.17, 15) is 9.59 Å². The van der Waals surface area contributed by atoms with Crippen molar-refractivity contribution in [2.24, 2.45) is 5.92 Å². The van der Waals surface area contributed by atoms with Gasteiger partial charge in [0.2, 0.25) is 11.8 Å². The second kappa shape index (κ2) is 6.34. The summed E-state index contributed by atoms with van der Waals surface area (Å²) in [6.45, 7) is 7.22. The van der Waals surface area contributed by atoms with Crippen molar-refractivity contribution in [3.05, 3.63) is 0 Å². The van der Waals surface area contributed by atoms with Crippen LogP contribution in [0.5, 0.6) is 0 Å². The highest BCUT2D eigenvalue weighted by molar-refractivity contribution is 5.80. The number of carbonyl (C=O) groups is 2. The van der Waals surface area contributed by atoms with E-state index in [0.29, 0.717) is 24.8 Å². The van der Waals surface area contributed by atoms with E-state index in [1.807, 2.05) is 23.9 Å². The molecule has 0 N–H and O–H groups in total. The minimum absolute atomic E-state index is 0.0241. The van der Waals surface area contributed by atoms with Crippen LogP contribution in [-0.2, 0) is 9.59 Å². The van der Waals surface area contributed by atoms with E-state index in [0.717, 1.165) is 38.9 Å². The minimum Gasteiger partial charge on any atom is -0.341 e. The minimum atomic E-state index is 0.0241. The van der Waals surface area contributed by atoms with Crippen LogP contribution in [0.15, 0.2) is 0 Å². The summed E-state index contributed by atoms with van der Waals surface area (Å²) in [7, 11) is 3.84. The van der Waals surface area contributed by atoms with Crippen molar-refractivity contribution >= 4 is 11.8 Å². The number of carbonyl (C=O) groups excluding carboxylic acids is 2. The van der Waals surface area contributed by atoms with Crippen molar-refractivity contribution in [3.63, 3.8) is 0 Å². The lowest BCUT2D eigenvalue weighted by molar-refractivity contribution is -0.137. The van der Waals surface area contributed by atoms with Gasteiger partial charge in [0.05, 0.1) is 6.54 Å². The van der Waals surface area contributed by atoms with E-state index >= 15 is 0 Å². The van der Waals surface area contributed by atoms with Gasteiger partial charge in [0, 0.05) is 31.6 Å². The van der Waals surface area contributed by atoms with Gasteiger partial charge in [-0.2, -0.15) is 0 Å². The molecular weight excluding hydrogens is 266 g/mol. The van der Waals surface area contributed by atoms with Gasteiger partial charge in [0.15, 0.2) is 0 Å². The average Bonchev–Trinajstić information content (AvgIpc) is 2.68. The molecule has 5 nitrogen and oxygen atoms in total. The molecule has 1 spiro atoms. The highest BCUT2D eigenvalue weighted by atomic mass is 16.2. The molecule has 0 radical (unpaired) electrons. The van der Waals surface area contributed by atoms with Gasteiger partial charge in [-0.3, -0.25) is 9.59 Å². The zero-order valence-electron chi connectivity index (χ0n) is 13.9. The molecule has 2 aliphatic heterocycles. The Morgan fingerprint density at radius 2 is 1.86 bits per heavy atom. The fourth-order valence-electron chi connectivity index (χ4n) is 3.60. The van der Waals surface area contributed by atoms with Gasteiger partial charge < -0.3 is 14.7 Å². The molecule has 2 amide bonds. The molecule has 0 aromatic heterocycles. The number of rotatable bonds is 4. The van der Waals surface area contributed by atoms with Crippen molar-refractivity contribution in [2.45, 2.75) is 45.1 Å². The second-order valence-electron chi connectivity index (χ2n) is 7.24. The summed E-state index contributed by atoms with van der Waals surface area (Å²) in [6.07, 6.45) is 3.52. The van der Waals surface area contributed by atoms with Gasteiger partial charge in [0.25, 0.3) is 0 Å². The van der Waals surface area contributed by atoms with Crippen LogP contribution < -0.4 is 0 Å². The Bertz CT molecular complexity index is 398. The van der Waals surface area contributed by atoms with Crippen molar-refractivity contribution in [1.29, 1.82) is 0 Å². The Hall–Kier alpha value is -1.10. The van der Waals surface area contributed by atoms with Gasteiger partial charge >= 0.3 is 0 Å². The van der Waals surface area contributed by atoms with Crippen LogP contribution in [0.25, 0.3) is 0 Å². The predicted molar refractivity (Wildman–Crippen MR) is 82.9 cm³/mol. The van der Waals surface area contributed by atoms with E-state index in [2.05, 4.69) is 18.7 Å². The fraction of sp³-hybridized carbons (Fsp3) is 0.875. The third kappa shape index (κ3) is 3.57. The zero-order valence-corrected chi connectivity index (χ0v) is 13.9. The van der Waals surface area contributed by atoms with Gasteiger partial charge in [-0.25, -0.2) is 0 Å². The summed E-state index contributed by atoms with van der Waals surface area (Å²) < 4.78 is 0. The molecule has 0 unspecified atom stereocenters. The first-order chi connectivity index (χ1) is 9.84. The Balaban J connectivity index is 1.98. The predicted octanol–water partition coefficient (Wildman–Crippen LogP) is 1.19. The number of likely N-dealkylation sites (tertiary alicyclic amines) is 2. The van der Waals surface area contributed by atoms with Crippen LogP contribution in [0, 0.1) is 5.92 Å². The van der Waals surface area contributed by atoms with Gasteiger partial charge in [-0.1, -0.05) is 13.8 Å². The van der Waals surface area contributed by atoms with Crippen molar-refractivity contribution in [1.82, 2.24) is 14.7 Å². The molecular formula is C16H29N3O2. The zero-order chi connectivity index (χ0) is 15.6. The van der Waals surface area contributed by atoms with Crippen LogP contribution in [-0.4, -0.2) is 72.3 Å². The molecule has 120 valence electrons. The SMILES string of the molecule is CC(C)CN1C(=O)CCC12CCN(C(=O)CN(C)C)CC2. The molecule has 0 aliphatic carbocycles. The van der Waals surface area contributed by atoms with Gasteiger partial charge in [0.1, 0.15) is 0 Å². The van der Waals surface area contributed by atoms with Crippen LogP contribution >= 0.6 is 0 Å². The van der Waals surface area contributed by atoms with Crippen LogP contribution in [0.3, 0.4) is 0 Å². The smallest absolute Gasteiger partial charge is 0.236 e. The Morgan fingerprint density at radius 1 is 1.24 bits per heavy atom. The standard InChI is InChI=1S/C16H29N3O2/c1-13(2)11-19-14(20)5-6-16(19)7-9-18(10-8-16)15(21)12-17(3)4/h13H,5-12H2,1-4H3. The summed E-state index contributed by atoms with van der Waals surface area (Å²) in [5, 5.41) is 0. The largest absolute Gasteiger partial charge is 0.341 e. The van der Waals surface area contributed by atoms with Crippen LogP contribution in [0.1, 0.15) is 39.5 Å². The molecule has 0 aromatic carbocycles. The Kier molecular flexibility index (Phi) is 4.91. The second-order valence-corrected chi connectivity index (χ2v) is 7.24. The molecule has 0 saturated carbocycles. The van der Waals surface area contributed by atoms with Gasteiger partial charge in [-0.15, -0.1) is 0 Å². The molecule has 2 fully saturated rings. The highest BCUT2D eigenvalue weighted by Gasteiger charge is 2.47. The molecule has 2 aliphatic rings. The molecule has 2 saturated heterocycles. The molecule has 0 atom stereocenters. The number of hydrogen-bond donors (Lipinski definition) is 0. The summed E-state index contributed by atoms with van der Waals surface area (Å²) in [4.78, 5) is 30.3. The Labute approximate surface area is 128 Å². The van der Waals surface area contributed by atoms with E-state index < -0.39 is 0 Å². The molecule has 0 bridgehead atoms. The normalized spacial score (nSPS) is 21.9. The number of nitrogens with zero attached hydrogens (tertiary/aromatic N) is 3. The van der Waals surface area contributed by atoms with Crippen LogP contribution in [0.4, 0.5) is 0 Å². The third-order valence-corrected chi connectivity index (χ3v) is 4.72. The maximum absolute atomic E-state index is 12.2. The summed E-state index contributed by atoms with van der Waals surface area (Å²) in [6, 6.07) is 0. The third-order valence-electron chi connectivity index (χ3n) is 4.72.